The zero-order valence-electron chi connectivity index (χ0n) is 12.8. The van der Waals surface area contributed by atoms with Gasteiger partial charge < -0.3 is 5.11 Å². The van der Waals surface area contributed by atoms with Crippen molar-refractivity contribution in [2.75, 3.05) is 0 Å². The maximum Gasteiger partial charge on any atom is 0.155 e. The van der Waals surface area contributed by atoms with Gasteiger partial charge in [-0.15, -0.1) is 0 Å². The number of hydrogen-bond acceptors (Lipinski definition) is 3. The Morgan fingerprint density at radius 1 is 1.14 bits per heavy atom. The molecule has 0 saturated heterocycles. The lowest BCUT2D eigenvalue weighted by Crippen LogP contribution is -2.53. The standard InChI is InChI=1S/C18H26O2S/c1-17-8-7-15-13(14(17)4-5-16(17)20)3-2-11-10-12(19)6-9-18(11,15)21/h10,13-16,20-21H,2-9H2,1H3/t13-,14-,15-,16-,17-,18+/m0/s1. The highest BCUT2D eigenvalue weighted by Crippen LogP contribution is 2.64. The summed E-state index contributed by atoms with van der Waals surface area (Å²) in [6.45, 7) is 2.31. The van der Waals surface area contributed by atoms with E-state index in [0.29, 0.717) is 30.0 Å². The number of fused-ring (bicyclic) bond motifs is 5. The van der Waals surface area contributed by atoms with Crippen LogP contribution >= 0.6 is 12.6 Å². The van der Waals surface area contributed by atoms with Gasteiger partial charge in [0.15, 0.2) is 5.78 Å². The monoisotopic (exact) mass is 306 g/mol. The quantitative estimate of drug-likeness (QED) is 0.672. The van der Waals surface area contributed by atoms with Crippen molar-refractivity contribution in [2.45, 2.75) is 69.1 Å². The topological polar surface area (TPSA) is 37.3 Å². The van der Waals surface area contributed by atoms with E-state index in [1.807, 2.05) is 6.08 Å². The van der Waals surface area contributed by atoms with Gasteiger partial charge in [-0.3, -0.25) is 4.79 Å². The van der Waals surface area contributed by atoms with E-state index in [-0.39, 0.29) is 16.3 Å². The maximum absolute atomic E-state index is 11.8. The first-order valence-electron chi connectivity index (χ1n) is 8.59. The van der Waals surface area contributed by atoms with Crippen LogP contribution in [0.15, 0.2) is 11.6 Å². The number of thiol groups is 1. The largest absolute Gasteiger partial charge is 0.393 e. The van der Waals surface area contributed by atoms with Crippen molar-refractivity contribution < 1.29 is 9.90 Å². The van der Waals surface area contributed by atoms with Gasteiger partial charge in [0.2, 0.25) is 0 Å². The molecule has 1 N–H and O–H groups in total. The number of aliphatic hydroxyl groups is 1. The van der Waals surface area contributed by atoms with Crippen LogP contribution < -0.4 is 0 Å². The van der Waals surface area contributed by atoms with Gasteiger partial charge >= 0.3 is 0 Å². The Balaban J connectivity index is 1.69. The van der Waals surface area contributed by atoms with Crippen LogP contribution in [0.2, 0.25) is 0 Å². The highest BCUT2D eigenvalue weighted by molar-refractivity contribution is 7.82. The summed E-state index contributed by atoms with van der Waals surface area (Å²) in [5.41, 5.74) is 1.45. The zero-order valence-corrected chi connectivity index (χ0v) is 13.7. The fourth-order valence-electron chi connectivity index (χ4n) is 6.16. The number of rotatable bonds is 0. The second-order valence-electron chi connectivity index (χ2n) is 8.11. The Kier molecular flexibility index (Phi) is 3.14. The third-order valence-corrected chi connectivity index (χ3v) is 8.23. The predicted octanol–water partition coefficient (Wildman–Crippen LogP) is 3.54. The smallest absolute Gasteiger partial charge is 0.155 e. The van der Waals surface area contributed by atoms with E-state index in [1.54, 1.807) is 0 Å². The number of aliphatic hydroxyl groups excluding tert-OH is 1. The molecule has 21 heavy (non-hydrogen) atoms. The second-order valence-corrected chi connectivity index (χ2v) is 8.91. The highest BCUT2D eigenvalue weighted by Gasteiger charge is 2.59. The predicted molar refractivity (Wildman–Crippen MR) is 86.3 cm³/mol. The Bertz CT molecular complexity index is 513. The van der Waals surface area contributed by atoms with Crippen molar-refractivity contribution in [3.05, 3.63) is 11.6 Å². The molecule has 0 aliphatic heterocycles. The van der Waals surface area contributed by atoms with E-state index in [9.17, 15) is 9.90 Å². The summed E-state index contributed by atoms with van der Waals surface area (Å²) in [6.07, 6.45) is 10.1. The summed E-state index contributed by atoms with van der Waals surface area (Å²) in [5, 5.41) is 10.4. The van der Waals surface area contributed by atoms with Crippen LogP contribution in [-0.2, 0) is 4.79 Å². The zero-order chi connectivity index (χ0) is 14.8. The summed E-state index contributed by atoms with van der Waals surface area (Å²) < 4.78 is -0.0360. The molecule has 0 aromatic rings. The van der Waals surface area contributed by atoms with E-state index in [1.165, 1.54) is 24.8 Å². The maximum atomic E-state index is 11.8. The van der Waals surface area contributed by atoms with Gasteiger partial charge in [-0.05, 0) is 74.2 Å². The van der Waals surface area contributed by atoms with Crippen molar-refractivity contribution in [1.82, 2.24) is 0 Å². The number of carbonyl (C=O) groups is 1. The molecule has 0 unspecified atom stereocenters. The van der Waals surface area contributed by atoms with Gasteiger partial charge in [0.25, 0.3) is 0 Å². The summed E-state index contributed by atoms with van der Waals surface area (Å²) in [6, 6.07) is 0. The fraction of sp³-hybridized carbons (Fsp3) is 0.833. The Hall–Kier alpha value is -0.280. The number of hydrogen-bond donors (Lipinski definition) is 2. The molecule has 3 saturated carbocycles. The normalized spacial score (nSPS) is 52.7. The van der Waals surface area contributed by atoms with Gasteiger partial charge in [0.05, 0.1) is 6.10 Å². The average Bonchev–Trinajstić information content (AvgIpc) is 2.76. The van der Waals surface area contributed by atoms with E-state index >= 15 is 0 Å². The van der Waals surface area contributed by atoms with Crippen LogP contribution in [0.4, 0.5) is 0 Å². The second kappa shape index (κ2) is 4.61. The first-order chi connectivity index (χ1) is 9.95. The molecule has 4 rings (SSSR count). The number of ketones is 1. The molecule has 2 nitrogen and oxygen atoms in total. The van der Waals surface area contributed by atoms with Gasteiger partial charge in [0, 0.05) is 11.2 Å². The van der Waals surface area contributed by atoms with E-state index < -0.39 is 0 Å². The van der Waals surface area contributed by atoms with Crippen LogP contribution in [0.3, 0.4) is 0 Å². The van der Waals surface area contributed by atoms with E-state index in [4.69, 9.17) is 12.6 Å². The number of carbonyl (C=O) groups excluding carboxylic acids is 1. The van der Waals surface area contributed by atoms with E-state index in [2.05, 4.69) is 6.92 Å². The van der Waals surface area contributed by atoms with Crippen LogP contribution in [0.1, 0.15) is 58.3 Å². The lowest BCUT2D eigenvalue weighted by Gasteiger charge is -2.57. The van der Waals surface area contributed by atoms with Crippen molar-refractivity contribution >= 4 is 18.4 Å². The Morgan fingerprint density at radius 2 is 1.95 bits per heavy atom. The molecule has 4 aliphatic rings. The average molecular weight is 306 g/mol. The van der Waals surface area contributed by atoms with Gasteiger partial charge in [-0.1, -0.05) is 12.5 Å². The summed E-state index contributed by atoms with van der Waals surface area (Å²) in [7, 11) is 0. The summed E-state index contributed by atoms with van der Waals surface area (Å²) >= 11 is 5.14. The minimum absolute atomic E-state index is 0.0360. The molecule has 0 heterocycles. The van der Waals surface area contributed by atoms with Gasteiger partial charge in [-0.2, -0.15) is 12.6 Å². The molecule has 0 radical (unpaired) electrons. The molecule has 4 aliphatic carbocycles. The van der Waals surface area contributed by atoms with Crippen LogP contribution in [0, 0.1) is 23.2 Å². The first kappa shape index (κ1) is 14.3. The minimum Gasteiger partial charge on any atom is -0.393 e. The van der Waals surface area contributed by atoms with Crippen LogP contribution in [0.5, 0.6) is 0 Å². The molecule has 6 atom stereocenters. The SMILES string of the molecule is C[C@]12CC[C@H]3[C@@H](CCC4=CC(=O)CC[C@@]43S)[C@@H]1CC[C@@H]2O. The first-order valence-corrected chi connectivity index (χ1v) is 9.04. The molecule has 0 amide bonds. The Morgan fingerprint density at radius 3 is 2.76 bits per heavy atom. The van der Waals surface area contributed by atoms with Gasteiger partial charge in [0.1, 0.15) is 0 Å². The molecule has 0 aromatic heterocycles. The molecule has 116 valence electrons. The highest BCUT2D eigenvalue weighted by atomic mass is 32.1. The van der Waals surface area contributed by atoms with Crippen LogP contribution in [0.25, 0.3) is 0 Å². The summed E-state index contributed by atoms with van der Waals surface area (Å²) in [4.78, 5) is 11.8. The van der Waals surface area contributed by atoms with Gasteiger partial charge in [-0.25, -0.2) is 0 Å². The Labute approximate surface area is 132 Å². The molecule has 0 spiro atoms. The molecular weight excluding hydrogens is 280 g/mol. The minimum atomic E-state index is -0.107. The van der Waals surface area contributed by atoms with Crippen molar-refractivity contribution in [2.24, 2.45) is 23.2 Å². The lowest BCUT2D eigenvalue weighted by molar-refractivity contribution is -0.115. The molecule has 0 bridgehead atoms. The molecular formula is C18H26O2S. The lowest BCUT2D eigenvalue weighted by atomic mass is 9.52. The molecule has 3 heteroatoms. The van der Waals surface area contributed by atoms with E-state index in [0.717, 1.165) is 25.7 Å². The third kappa shape index (κ3) is 1.86. The van der Waals surface area contributed by atoms with Crippen molar-refractivity contribution in [1.29, 1.82) is 0 Å². The third-order valence-electron chi connectivity index (χ3n) is 7.39. The van der Waals surface area contributed by atoms with Crippen LogP contribution in [-0.4, -0.2) is 21.7 Å². The van der Waals surface area contributed by atoms with Crippen molar-refractivity contribution in [3.63, 3.8) is 0 Å². The van der Waals surface area contributed by atoms with Crippen molar-refractivity contribution in [3.8, 4) is 0 Å². The summed E-state index contributed by atoms with van der Waals surface area (Å²) in [5.74, 6) is 2.26. The molecule has 3 fully saturated rings. The fourth-order valence-corrected chi connectivity index (χ4v) is 6.76. The molecule has 0 aromatic carbocycles.